The van der Waals surface area contributed by atoms with Gasteiger partial charge in [0.25, 0.3) is 0 Å². The molecule has 0 unspecified atom stereocenters. The van der Waals surface area contributed by atoms with Gasteiger partial charge in [-0.05, 0) is 42.4 Å². The normalized spacial score (nSPS) is 16.6. The highest BCUT2D eigenvalue weighted by atomic mass is 16.4. The largest absolute Gasteiger partial charge is 0.481 e. The van der Waals surface area contributed by atoms with Crippen molar-refractivity contribution in [3.05, 3.63) is 29.6 Å². The van der Waals surface area contributed by atoms with Crippen molar-refractivity contribution in [3.8, 4) is 0 Å². The van der Waals surface area contributed by atoms with Gasteiger partial charge in [0.2, 0.25) is 5.91 Å². The van der Waals surface area contributed by atoms with Gasteiger partial charge in [0.1, 0.15) is 0 Å². The number of pyridine rings is 1. The number of carbonyl (C=O) groups is 2. The maximum Gasteiger partial charge on any atom is 0.303 e. The Morgan fingerprint density at radius 2 is 2.05 bits per heavy atom. The van der Waals surface area contributed by atoms with Gasteiger partial charge in [-0.15, -0.1) is 0 Å². The lowest BCUT2D eigenvalue weighted by Gasteiger charge is -2.26. The minimum atomic E-state index is -0.810. The molecular weight excluding hydrogens is 268 g/mol. The van der Waals surface area contributed by atoms with Gasteiger partial charge in [0.05, 0.1) is 6.42 Å². The number of hydrogen-bond donors (Lipinski definition) is 2. The number of aliphatic carboxylic acids is 1. The Bertz CT molecular complexity index is 522. The molecule has 0 saturated heterocycles. The summed E-state index contributed by atoms with van der Waals surface area (Å²) in [6.45, 7) is 2.42. The first-order valence-corrected chi connectivity index (χ1v) is 7.39. The molecule has 1 amide bonds. The Balaban J connectivity index is 1.91. The van der Waals surface area contributed by atoms with Crippen molar-refractivity contribution in [1.82, 2.24) is 10.3 Å². The molecular formula is C16H22N2O3. The SMILES string of the molecule is Cc1cnccc1CNC(=O)CC1(CC(=O)O)CCCC1. The lowest BCUT2D eigenvalue weighted by atomic mass is 9.79. The van der Waals surface area contributed by atoms with Gasteiger partial charge < -0.3 is 10.4 Å². The Kier molecular flexibility index (Phi) is 4.94. The zero-order valence-electron chi connectivity index (χ0n) is 12.4. The molecule has 5 heteroatoms. The van der Waals surface area contributed by atoms with Crippen LogP contribution in [0.5, 0.6) is 0 Å². The number of amides is 1. The van der Waals surface area contributed by atoms with Crippen LogP contribution in [0.2, 0.25) is 0 Å². The van der Waals surface area contributed by atoms with Crippen LogP contribution in [0.15, 0.2) is 18.5 Å². The molecule has 1 aromatic heterocycles. The standard InChI is InChI=1S/C16H22N2O3/c1-12-10-17-7-4-13(12)11-18-14(19)8-16(9-15(20)21)5-2-3-6-16/h4,7,10H,2-3,5-6,8-9,11H2,1H3,(H,18,19)(H,20,21). The summed E-state index contributed by atoms with van der Waals surface area (Å²) in [5.41, 5.74) is 1.74. The summed E-state index contributed by atoms with van der Waals surface area (Å²) in [4.78, 5) is 27.2. The van der Waals surface area contributed by atoms with Crippen LogP contribution in [0, 0.1) is 12.3 Å². The first-order valence-electron chi connectivity index (χ1n) is 7.39. The highest BCUT2D eigenvalue weighted by molar-refractivity contribution is 5.78. The van der Waals surface area contributed by atoms with Crippen molar-refractivity contribution in [3.63, 3.8) is 0 Å². The number of carbonyl (C=O) groups excluding carboxylic acids is 1. The average Bonchev–Trinajstić information content (AvgIpc) is 2.85. The minimum absolute atomic E-state index is 0.0608. The van der Waals surface area contributed by atoms with Crippen molar-refractivity contribution in [1.29, 1.82) is 0 Å². The van der Waals surface area contributed by atoms with Crippen LogP contribution in [-0.2, 0) is 16.1 Å². The van der Waals surface area contributed by atoms with Crippen LogP contribution >= 0.6 is 0 Å². The van der Waals surface area contributed by atoms with E-state index in [2.05, 4.69) is 10.3 Å². The summed E-state index contributed by atoms with van der Waals surface area (Å²) in [6.07, 6.45) is 7.58. The quantitative estimate of drug-likeness (QED) is 0.843. The molecule has 0 spiro atoms. The predicted molar refractivity (Wildman–Crippen MR) is 78.6 cm³/mol. The van der Waals surface area contributed by atoms with Crippen molar-refractivity contribution >= 4 is 11.9 Å². The first-order chi connectivity index (χ1) is 10.0. The molecule has 0 atom stereocenters. The predicted octanol–water partition coefficient (Wildman–Crippen LogP) is 2.43. The molecule has 0 radical (unpaired) electrons. The summed E-state index contributed by atoms with van der Waals surface area (Å²) in [5.74, 6) is -0.871. The molecule has 114 valence electrons. The van der Waals surface area contributed by atoms with E-state index in [0.29, 0.717) is 13.0 Å². The number of nitrogens with zero attached hydrogens (tertiary/aromatic N) is 1. The summed E-state index contributed by atoms with van der Waals surface area (Å²) in [6, 6.07) is 1.89. The van der Waals surface area contributed by atoms with Crippen LogP contribution in [0.4, 0.5) is 0 Å². The molecule has 1 fully saturated rings. The molecule has 0 aliphatic heterocycles. The second-order valence-electron chi connectivity index (χ2n) is 6.03. The van der Waals surface area contributed by atoms with Gasteiger partial charge in [-0.25, -0.2) is 0 Å². The minimum Gasteiger partial charge on any atom is -0.481 e. The number of aryl methyl sites for hydroxylation is 1. The van der Waals surface area contributed by atoms with Crippen molar-refractivity contribution in [2.45, 2.75) is 52.0 Å². The molecule has 1 aliphatic rings. The van der Waals surface area contributed by atoms with Crippen LogP contribution in [0.3, 0.4) is 0 Å². The third-order valence-corrected chi connectivity index (χ3v) is 4.34. The Labute approximate surface area is 124 Å². The maximum absolute atomic E-state index is 12.2. The Hall–Kier alpha value is -1.91. The average molecular weight is 290 g/mol. The van der Waals surface area contributed by atoms with Crippen LogP contribution in [0.25, 0.3) is 0 Å². The van der Waals surface area contributed by atoms with E-state index in [0.717, 1.165) is 36.8 Å². The fourth-order valence-electron chi connectivity index (χ4n) is 3.16. The van der Waals surface area contributed by atoms with Crippen LogP contribution in [-0.4, -0.2) is 22.0 Å². The maximum atomic E-state index is 12.2. The highest BCUT2D eigenvalue weighted by Gasteiger charge is 2.37. The highest BCUT2D eigenvalue weighted by Crippen LogP contribution is 2.44. The van der Waals surface area contributed by atoms with Crippen LogP contribution in [0.1, 0.15) is 49.7 Å². The van der Waals surface area contributed by atoms with Gasteiger partial charge in [0, 0.05) is 25.4 Å². The summed E-state index contributed by atoms with van der Waals surface area (Å²) in [5, 5.41) is 12.0. The number of carboxylic acids is 1. The van der Waals surface area contributed by atoms with E-state index in [-0.39, 0.29) is 17.7 Å². The molecule has 1 aliphatic carbocycles. The lowest BCUT2D eigenvalue weighted by Crippen LogP contribution is -2.31. The van der Waals surface area contributed by atoms with Crippen molar-refractivity contribution < 1.29 is 14.7 Å². The summed E-state index contributed by atoms with van der Waals surface area (Å²) >= 11 is 0. The molecule has 2 N–H and O–H groups in total. The smallest absolute Gasteiger partial charge is 0.303 e. The number of carboxylic acid groups (broad SMARTS) is 1. The zero-order valence-corrected chi connectivity index (χ0v) is 12.4. The second kappa shape index (κ2) is 6.70. The van der Waals surface area contributed by atoms with Gasteiger partial charge in [-0.2, -0.15) is 0 Å². The lowest BCUT2D eigenvalue weighted by molar-refractivity contribution is -0.140. The van der Waals surface area contributed by atoms with E-state index in [1.807, 2.05) is 13.0 Å². The molecule has 1 aromatic rings. The van der Waals surface area contributed by atoms with Gasteiger partial charge in [-0.1, -0.05) is 12.8 Å². The van der Waals surface area contributed by atoms with E-state index in [1.54, 1.807) is 12.4 Å². The second-order valence-corrected chi connectivity index (χ2v) is 6.03. The van der Waals surface area contributed by atoms with Crippen molar-refractivity contribution in [2.24, 2.45) is 5.41 Å². The molecule has 21 heavy (non-hydrogen) atoms. The third-order valence-electron chi connectivity index (χ3n) is 4.34. The Morgan fingerprint density at radius 3 is 2.67 bits per heavy atom. The van der Waals surface area contributed by atoms with Gasteiger partial charge >= 0.3 is 5.97 Å². The third kappa shape index (κ3) is 4.28. The summed E-state index contributed by atoms with van der Waals surface area (Å²) in [7, 11) is 0. The van der Waals surface area contributed by atoms with Gasteiger partial charge in [0.15, 0.2) is 0 Å². The zero-order chi connectivity index (χ0) is 15.3. The van der Waals surface area contributed by atoms with E-state index < -0.39 is 5.97 Å². The number of hydrogen-bond acceptors (Lipinski definition) is 3. The van der Waals surface area contributed by atoms with E-state index in [1.165, 1.54) is 0 Å². The molecule has 1 heterocycles. The van der Waals surface area contributed by atoms with E-state index >= 15 is 0 Å². The molecule has 0 bridgehead atoms. The fraction of sp³-hybridized carbons (Fsp3) is 0.562. The van der Waals surface area contributed by atoms with Crippen molar-refractivity contribution in [2.75, 3.05) is 0 Å². The topological polar surface area (TPSA) is 79.3 Å². The van der Waals surface area contributed by atoms with E-state index in [9.17, 15) is 9.59 Å². The molecule has 2 rings (SSSR count). The molecule has 0 aromatic carbocycles. The molecule has 5 nitrogen and oxygen atoms in total. The molecule has 1 saturated carbocycles. The summed E-state index contributed by atoms with van der Waals surface area (Å²) < 4.78 is 0. The van der Waals surface area contributed by atoms with Crippen LogP contribution < -0.4 is 5.32 Å². The number of nitrogens with one attached hydrogen (secondary N) is 1. The fourth-order valence-corrected chi connectivity index (χ4v) is 3.16. The Morgan fingerprint density at radius 1 is 1.33 bits per heavy atom. The number of aromatic nitrogens is 1. The van der Waals surface area contributed by atoms with E-state index in [4.69, 9.17) is 5.11 Å². The number of rotatable bonds is 6. The first kappa shape index (κ1) is 15.5. The monoisotopic (exact) mass is 290 g/mol. The van der Waals surface area contributed by atoms with Gasteiger partial charge in [-0.3, -0.25) is 14.6 Å².